The number of aryl methyl sites for hydroxylation is 1. The maximum Gasteiger partial charge on any atom is 0.224 e. The monoisotopic (exact) mass is 425 g/mol. The molecule has 0 aromatic heterocycles. The summed E-state index contributed by atoms with van der Waals surface area (Å²) in [5.74, 6) is 0.553. The lowest BCUT2D eigenvalue weighted by atomic mass is 10.0. The van der Waals surface area contributed by atoms with Gasteiger partial charge < -0.3 is 20.5 Å². The van der Waals surface area contributed by atoms with Gasteiger partial charge in [-0.05, 0) is 63.5 Å². The summed E-state index contributed by atoms with van der Waals surface area (Å²) in [5.41, 5.74) is 3.29. The van der Waals surface area contributed by atoms with Gasteiger partial charge in [0.15, 0.2) is 0 Å². The van der Waals surface area contributed by atoms with Crippen molar-refractivity contribution in [3.63, 3.8) is 0 Å². The standard InChI is InChI=1S/C25H35N3O3/c1-3-25(30)27-23-10-9-22(29)17-24(23)31-16-4-13-26-21-11-14-28(15-12-21)18-20-7-5-19(2)6-8-20/h5-10,17,21,26,29H,3-4,11-16,18H2,1-2H3,(H,27,30). The number of carbonyl (C=O) groups excluding carboxylic acids is 1. The molecule has 2 aromatic rings. The summed E-state index contributed by atoms with van der Waals surface area (Å²) in [5, 5.41) is 16.2. The van der Waals surface area contributed by atoms with Crippen molar-refractivity contribution >= 4 is 11.6 Å². The molecular weight excluding hydrogens is 390 g/mol. The number of piperidine rings is 1. The number of phenolic OH excluding ortho intramolecular Hbond substituents is 1. The molecule has 2 aromatic carbocycles. The van der Waals surface area contributed by atoms with E-state index < -0.39 is 0 Å². The van der Waals surface area contributed by atoms with Crippen molar-refractivity contribution in [1.82, 2.24) is 10.2 Å². The van der Waals surface area contributed by atoms with Crippen molar-refractivity contribution in [3.05, 3.63) is 53.6 Å². The van der Waals surface area contributed by atoms with Crippen molar-refractivity contribution in [2.24, 2.45) is 0 Å². The second kappa shape index (κ2) is 11.7. The number of ether oxygens (including phenoxy) is 1. The number of amides is 1. The van der Waals surface area contributed by atoms with Crippen LogP contribution in [0.4, 0.5) is 5.69 Å². The number of hydrogen-bond donors (Lipinski definition) is 3. The largest absolute Gasteiger partial charge is 0.508 e. The molecule has 1 heterocycles. The smallest absolute Gasteiger partial charge is 0.224 e. The van der Waals surface area contributed by atoms with E-state index in [0.29, 0.717) is 30.5 Å². The molecule has 1 aliphatic heterocycles. The minimum Gasteiger partial charge on any atom is -0.508 e. The topological polar surface area (TPSA) is 73.8 Å². The number of nitrogens with one attached hydrogen (secondary N) is 2. The summed E-state index contributed by atoms with van der Waals surface area (Å²) in [6.45, 7) is 8.60. The SMILES string of the molecule is CCC(=O)Nc1ccc(O)cc1OCCCNC1CCN(Cc2ccc(C)cc2)CC1. The highest BCUT2D eigenvalue weighted by atomic mass is 16.5. The highest BCUT2D eigenvalue weighted by Gasteiger charge is 2.18. The molecule has 1 fully saturated rings. The zero-order valence-corrected chi connectivity index (χ0v) is 18.7. The van der Waals surface area contributed by atoms with Crippen LogP contribution in [0.3, 0.4) is 0 Å². The Kier molecular flexibility index (Phi) is 8.74. The summed E-state index contributed by atoms with van der Waals surface area (Å²) in [7, 11) is 0. The third-order valence-electron chi connectivity index (χ3n) is 5.69. The van der Waals surface area contributed by atoms with Gasteiger partial charge in [0.2, 0.25) is 5.91 Å². The van der Waals surface area contributed by atoms with Gasteiger partial charge in [0.25, 0.3) is 0 Å². The lowest BCUT2D eigenvalue weighted by Gasteiger charge is -2.32. The minimum atomic E-state index is -0.0778. The maximum absolute atomic E-state index is 11.7. The van der Waals surface area contributed by atoms with Crippen LogP contribution in [-0.4, -0.2) is 48.2 Å². The lowest BCUT2D eigenvalue weighted by molar-refractivity contribution is -0.115. The molecule has 0 unspecified atom stereocenters. The molecule has 0 aliphatic carbocycles. The number of likely N-dealkylation sites (tertiary alicyclic amines) is 1. The maximum atomic E-state index is 11.7. The first-order valence-corrected chi connectivity index (χ1v) is 11.3. The Morgan fingerprint density at radius 1 is 1.16 bits per heavy atom. The average molecular weight is 426 g/mol. The van der Waals surface area contributed by atoms with E-state index in [1.54, 1.807) is 25.1 Å². The number of benzene rings is 2. The van der Waals surface area contributed by atoms with E-state index in [4.69, 9.17) is 4.74 Å². The van der Waals surface area contributed by atoms with E-state index >= 15 is 0 Å². The zero-order valence-electron chi connectivity index (χ0n) is 18.7. The lowest BCUT2D eigenvalue weighted by Crippen LogP contribution is -2.42. The van der Waals surface area contributed by atoms with Gasteiger partial charge in [0, 0.05) is 25.1 Å². The van der Waals surface area contributed by atoms with E-state index in [1.165, 1.54) is 11.1 Å². The van der Waals surface area contributed by atoms with Crippen LogP contribution < -0.4 is 15.4 Å². The molecular formula is C25H35N3O3. The Labute approximate surface area is 185 Å². The second-order valence-electron chi connectivity index (χ2n) is 8.27. The normalized spacial score (nSPS) is 15.0. The zero-order chi connectivity index (χ0) is 22.1. The molecule has 3 N–H and O–H groups in total. The third kappa shape index (κ3) is 7.56. The molecule has 0 atom stereocenters. The number of phenols is 1. The van der Waals surface area contributed by atoms with E-state index in [0.717, 1.165) is 45.4 Å². The number of rotatable bonds is 10. The molecule has 6 heteroatoms. The molecule has 1 aliphatic rings. The number of aromatic hydroxyl groups is 1. The van der Waals surface area contributed by atoms with Gasteiger partial charge in [-0.1, -0.05) is 36.8 Å². The van der Waals surface area contributed by atoms with Gasteiger partial charge >= 0.3 is 0 Å². The van der Waals surface area contributed by atoms with Crippen LogP contribution in [0.5, 0.6) is 11.5 Å². The Bertz CT molecular complexity index is 830. The van der Waals surface area contributed by atoms with Crippen LogP contribution in [0, 0.1) is 6.92 Å². The first kappa shape index (κ1) is 23.1. The van der Waals surface area contributed by atoms with E-state index in [1.807, 2.05) is 0 Å². The van der Waals surface area contributed by atoms with Gasteiger partial charge in [-0.15, -0.1) is 0 Å². The van der Waals surface area contributed by atoms with Crippen LogP contribution in [0.1, 0.15) is 43.7 Å². The first-order chi connectivity index (χ1) is 15.0. The fraction of sp³-hybridized carbons (Fsp3) is 0.480. The van der Waals surface area contributed by atoms with E-state index in [-0.39, 0.29) is 11.7 Å². The first-order valence-electron chi connectivity index (χ1n) is 11.3. The molecule has 0 saturated carbocycles. The Hall–Kier alpha value is -2.57. The molecule has 1 saturated heterocycles. The van der Waals surface area contributed by atoms with Crippen LogP contribution in [0.25, 0.3) is 0 Å². The van der Waals surface area contributed by atoms with Gasteiger partial charge in [0.1, 0.15) is 11.5 Å². The highest BCUT2D eigenvalue weighted by molar-refractivity contribution is 5.92. The Balaban J connectivity index is 1.33. The molecule has 0 spiro atoms. The van der Waals surface area contributed by atoms with Crippen LogP contribution in [0.2, 0.25) is 0 Å². The van der Waals surface area contributed by atoms with Gasteiger partial charge in [-0.2, -0.15) is 0 Å². The molecule has 168 valence electrons. The van der Waals surface area contributed by atoms with E-state index in [2.05, 4.69) is 46.7 Å². The predicted molar refractivity (Wildman–Crippen MR) is 125 cm³/mol. The second-order valence-corrected chi connectivity index (χ2v) is 8.27. The van der Waals surface area contributed by atoms with Crippen molar-refractivity contribution in [1.29, 1.82) is 0 Å². The Morgan fingerprint density at radius 3 is 2.61 bits per heavy atom. The van der Waals surface area contributed by atoms with Crippen molar-refractivity contribution in [2.45, 2.75) is 52.1 Å². The fourth-order valence-electron chi connectivity index (χ4n) is 3.78. The fourth-order valence-corrected chi connectivity index (χ4v) is 3.78. The number of carbonyl (C=O) groups is 1. The van der Waals surface area contributed by atoms with Gasteiger partial charge in [-0.3, -0.25) is 9.69 Å². The molecule has 3 rings (SSSR count). The van der Waals surface area contributed by atoms with Gasteiger partial charge in [-0.25, -0.2) is 0 Å². The van der Waals surface area contributed by atoms with Crippen molar-refractivity contribution < 1.29 is 14.6 Å². The van der Waals surface area contributed by atoms with E-state index in [9.17, 15) is 9.90 Å². The molecule has 1 amide bonds. The average Bonchev–Trinajstić information content (AvgIpc) is 2.78. The van der Waals surface area contributed by atoms with Crippen molar-refractivity contribution in [2.75, 3.05) is 31.6 Å². The van der Waals surface area contributed by atoms with Crippen LogP contribution in [0.15, 0.2) is 42.5 Å². The highest BCUT2D eigenvalue weighted by Crippen LogP contribution is 2.29. The summed E-state index contributed by atoms with van der Waals surface area (Å²) in [6.07, 6.45) is 3.58. The minimum absolute atomic E-state index is 0.0778. The predicted octanol–water partition coefficient (Wildman–Crippen LogP) is 4.07. The third-order valence-corrected chi connectivity index (χ3v) is 5.69. The summed E-state index contributed by atoms with van der Waals surface area (Å²) >= 11 is 0. The Morgan fingerprint density at radius 2 is 1.90 bits per heavy atom. The molecule has 0 bridgehead atoms. The molecule has 31 heavy (non-hydrogen) atoms. The summed E-state index contributed by atoms with van der Waals surface area (Å²) < 4.78 is 5.82. The van der Waals surface area contributed by atoms with Crippen LogP contribution in [-0.2, 0) is 11.3 Å². The van der Waals surface area contributed by atoms with Gasteiger partial charge in [0.05, 0.1) is 12.3 Å². The number of hydrogen-bond acceptors (Lipinski definition) is 5. The number of anilines is 1. The number of nitrogens with zero attached hydrogens (tertiary/aromatic N) is 1. The molecule has 6 nitrogen and oxygen atoms in total. The van der Waals surface area contributed by atoms with Crippen LogP contribution >= 0.6 is 0 Å². The van der Waals surface area contributed by atoms with Crippen molar-refractivity contribution in [3.8, 4) is 11.5 Å². The molecule has 0 radical (unpaired) electrons. The quantitative estimate of drug-likeness (QED) is 0.395. The summed E-state index contributed by atoms with van der Waals surface area (Å²) in [6, 6.07) is 14.1. The summed E-state index contributed by atoms with van der Waals surface area (Å²) in [4.78, 5) is 14.2.